The molecule has 2 rings (SSSR count). The second-order valence-electron chi connectivity index (χ2n) is 5.36. The van der Waals surface area contributed by atoms with Crippen molar-refractivity contribution in [2.24, 2.45) is 0 Å². The third kappa shape index (κ3) is 4.28. The van der Waals surface area contributed by atoms with E-state index in [1.807, 2.05) is 13.8 Å². The summed E-state index contributed by atoms with van der Waals surface area (Å²) in [6, 6.07) is 4.43. The third-order valence-electron chi connectivity index (χ3n) is 3.35. The van der Waals surface area contributed by atoms with Crippen molar-refractivity contribution in [2.75, 3.05) is 32.8 Å². The molecule has 20 heavy (non-hydrogen) atoms. The summed E-state index contributed by atoms with van der Waals surface area (Å²) in [7, 11) is 0. The van der Waals surface area contributed by atoms with Gasteiger partial charge in [-0.15, -0.1) is 11.3 Å². The molecule has 6 heteroatoms. The maximum Gasteiger partial charge on any atom is 0.236 e. The lowest BCUT2D eigenvalue weighted by Gasteiger charge is -2.34. The summed E-state index contributed by atoms with van der Waals surface area (Å²) in [5.41, 5.74) is 0. The van der Waals surface area contributed by atoms with Gasteiger partial charge in [0.1, 0.15) is 0 Å². The van der Waals surface area contributed by atoms with Gasteiger partial charge in [-0.1, -0.05) is 22.0 Å². The fraction of sp³-hybridized carbons (Fsp3) is 0.643. The summed E-state index contributed by atoms with van der Waals surface area (Å²) in [6.07, 6.45) is 0. The monoisotopic (exact) mass is 360 g/mol. The van der Waals surface area contributed by atoms with Gasteiger partial charge in [-0.2, -0.15) is 0 Å². The summed E-state index contributed by atoms with van der Waals surface area (Å²) >= 11 is 5.13. The van der Waals surface area contributed by atoms with E-state index in [0.29, 0.717) is 6.54 Å². The first-order valence-corrected chi connectivity index (χ1v) is 8.48. The molecule has 0 saturated carbocycles. The normalized spacial score (nSPS) is 18.8. The van der Waals surface area contributed by atoms with Gasteiger partial charge in [-0.3, -0.25) is 9.69 Å². The summed E-state index contributed by atoms with van der Waals surface area (Å²) in [6.45, 7) is 7.70. The molecule has 1 fully saturated rings. The largest absolute Gasteiger partial charge is 0.379 e. The number of morpholine rings is 1. The van der Waals surface area contributed by atoms with Crippen LogP contribution in [0.5, 0.6) is 0 Å². The highest BCUT2D eigenvalue weighted by Gasteiger charge is 2.27. The van der Waals surface area contributed by atoms with Crippen molar-refractivity contribution >= 4 is 33.2 Å². The first-order valence-electron chi connectivity index (χ1n) is 6.81. The molecule has 1 N–H and O–H groups in total. The number of hydrogen-bond donors (Lipinski definition) is 1. The lowest BCUT2D eigenvalue weighted by molar-refractivity contribution is -0.122. The Hall–Kier alpha value is -0.430. The first kappa shape index (κ1) is 15.9. The Kier molecular flexibility index (Phi) is 5.60. The molecule has 2 heterocycles. The Morgan fingerprint density at radius 1 is 1.55 bits per heavy atom. The summed E-state index contributed by atoms with van der Waals surface area (Å²) < 4.78 is 4.88. The van der Waals surface area contributed by atoms with Crippen LogP contribution in [0.2, 0.25) is 0 Å². The molecule has 0 radical (unpaired) electrons. The molecule has 1 saturated heterocycles. The first-order chi connectivity index (χ1) is 9.48. The smallest absolute Gasteiger partial charge is 0.236 e. The lowest BCUT2D eigenvalue weighted by atomic mass is 10.1. The Morgan fingerprint density at radius 3 is 2.80 bits per heavy atom. The Bertz CT molecular complexity index is 425. The molecule has 1 unspecified atom stereocenters. The zero-order chi connectivity index (χ0) is 14.6. The molecule has 1 aromatic rings. The molecule has 0 bridgehead atoms. The molecular formula is C14H21BrN2O2S. The summed E-state index contributed by atoms with van der Waals surface area (Å²) in [5.74, 6) is 0.0207. The van der Waals surface area contributed by atoms with E-state index in [9.17, 15) is 4.79 Å². The Labute approximate surface area is 132 Å². The van der Waals surface area contributed by atoms with Crippen LogP contribution in [0, 0.1) is 0 Å². The van der Waals surface area contributed by atoms with Gasteiger partial charge in [-0.25, -0.2) is 0 Å². The van der Waals surface area contributed by atoms with Crippen molar-refractivity contribution in [3.8, 4) is 0 Å². The third-order valence-corrected chi connectivity index (χ3v) is 4.69. The number of nitrogens with one attached hydrogen (secondary N) is 1. The molecule has 112 valence electrons. The van der Waals surface area contributed by atoms with Crippen LogP contribution in [-0.4, -0.2) is 48.0 Å². The summed E-state index contributed by atoms with van der Waals surface area (Å²) in [4.78, 5) is 15.7. The van der Waals surface area contributed by atoms with E-state index in [-0.39, 0.29) is 11.9 Å². The molecule has 1 aliphatic heterocycles. The quantitative estimate of drug-likeness (QED) is 0.819. The zero-order valence-corrected chi connectivity index (χ0v) is 14.3. The van der Waals surface area contributed by atoms with E-state index in [1.54, 1.807) is 11.3 Å². The van der Waals surface area contributed by atoms with Gasteiger partial charge in [0.05, 0.1) is 23.6 Å². The van der Waals surface area contributed by atoms with E-state index in [2.05, 4.69) is 43.7 Å². The minimum atomic E-state index is -0.530. The van der Waals surface area contributed by atoms with Crippen LogP contribution >= 0.6 is 27.3 Å². The molecular weight excluding hydrogens is 340 g/mol. The second kappa shape index (κ2) is 7.02. The van der Waals surface area contributed by atoms with Gasteiger partial charge in [0.15, 0.2) is 0 Å². The van der Waals surface area contributed by atoms with E-state index in [0.717, 1.165) is 26.3 Å². The van der Waals surface area contributed by atoms with Gasteiger partial charge in [0, 0.05) is 24.5 Å². The number of alkyl halides is 1. The fourth-order valence-corrected chi connectivity index (χ4v) is 3.18. The molecule has 4 nitrogen and oxygen atoms in total. The van der Waals surface area contributed by atoms with E-state index in [4.69, 9.17) is 4.74 Å². The second-order valence-corrected chi connectivity index (χ2v) is 8.32. The van der Waals surface area contributed by atoms with E-state index in [1.165, 1.54) is 4.88 Å². The SMILES string of the molecule is CC(C)(Br)C(=O)NCC(c1cccs1)N1CCOCC1. The number of halogens is 1. The van der Waals surface area contributed by atoms with Crippen molar-refractivity contribution in [1.82, 2.24) is 10.2 Å². The fourth-order valence-electron chi connectivity index (χ4n) is 2.18. The Balaban J connectivity index is 2.02. The number of hydrogen-bond acceptors (Lipinski definition) is 4. The molecule has 1 aliphatic rings. The topological polar surface area (TPSA) is 41.6 Å². The summed E-state index contributed by atoms with van der Waals surface area (Å²) in [5, 5.41) is 5.13. The van der Waals surface area contributed by atoms with Gasteiger partial charge in [-0.05, 0) is 25.3 Å². The van der Waals surface area contributed by atoms with Crippen molar-refractivity contribution in [3.05, 3.63) is 22.4 Å². The number of rotatable bonds is 5. The standard InChI is InChI=1S/C14H21BrN2O2S/c1-14(2,15)13(18)16-10-11(12-4-3-9-20-12)17-5-7-19-8-6-17/h3-4,9,11H,5-8,10H2,1-2H3,(H,16,18). The van der Waals surface area contributed by atoms with Crippen LogP contribution in [-0.2, 0) is 9.53 Å². The van der Waals surface area contributed by atoms with Crippen LogP contribution in [0.25, 0.3) is 0 Å². The average molecular weight is 361 g/mol. The maximum absolute atomic E-state index is 12.0. The lowest BCUT2D eigenvalue weighted by Crippen LogP contribution is -2.46. The van der Waals surface area contributed by atoms with Crippen molar-refractivity contribution in [2.45, 2.75) is 24.2 Å². The highest BCUT2D eigenvalue weighted by atomic mass is 79.9. The number of ether oxygens (including phenoxy) is 1. The predicted molar refractivity (Wildman–Crippen MR) is 85.5 cm³/mol. The van der Waals surface area contributed by atoms with Crippen LogP contribution in [0.15, 0.2) is 17.5 Å². The average Bonchev–Trinajstić information content (AvgIpc) is 2.93. The minimum Gasteiger partial charge on any atom is -0.379 e. The number of nitrogens with zero attached hydrogens (tertiary/aromatic N) is 1. The van der Waals surface area contributed by atoms with Crippen molar-refractivity contribution in [1.29, 1.82) is 0 Å². The molecule has 1 amide bonds. The van der Waals surface area contributed by atoms with Crippen LogP contribution in [0.4, 0.5) is 0 Å². The van der Waals surface area contributed by atoms with Crippen LogP contribution in [0.1, 0.15) is 24.8 Å². The molecule has 0 aromatic carbocycles. The molecule has 1 aromatic heterocycles. The van der Waals surface area contributed by atoms with Crippen LogP contribution < -0.4 is 5.32 Å². The van der Waals surface area contributed by atoms with Gasteiger partial charge >= 0.3 is 0 Å². The number of carbonyl (C=O) groups excluding carboxylic acids is 1. The van der Waals surface area contributed by atoms with E-state index >= 15 is 0 Å². The molecule has 0 aliphatic carbocycles. The van der Waals surface area contributed by atoms with Gasteiger partial charge in [0.2, 0.25) is 5.91 Å². The van der Waals surface area contributed by atoms with Crippen LogP contribution in [0.3, 0.4) is 0 Å². The molecule has 0 spiro atoms. The van der Waals surface area contributed by atoms with E-state index < -0.39 is 4.32 Å². The number of amides is 1. The molecule has 1 atom stereocenters. The highest BCUT2D eigenvalue weighted by molar-refractivity contribution is 9.10. The maximum atomic E-state index is 12.0. The highest BCUT2D eigenvalue weighted by Crippen LogP contribution is 2.26. The van der Waals surface area contributed by atoms with Crippen molar-refractivity contribution in [3.63, 3.8) is 0 Å². The number of carbonyl (C=O) groups is 1. The predicted octanol–water partition coefficient (Wildman–Crippen LogP) is 2.41. The minimum absolute atomic E-state index is 0.0207. The van der Waals surface area contributed by atoms with Gasteiger partial charge < -0.3 is 10.1 Å². The van der Waals surface area contributed by atoms with Gasteiger partial charge in [0.25, 0.3) is 0 Å². The van der Waals surface area contributed by atoms with Crippen molar-refractivity contribution < 1.29 is 9.53 Å². The Morgan fingerprint density at radius 2 is 2.25 bits per heavy atom. The number of thiophene rings is 1. The zero-order valence-electron chi connectivity index (χ0n) is 11.9.